The zero-order valence-electron chi connectivity index (χ0n) is 18.7. The van der Waals surface area contributed by atoms with Crippen LogP contribution >= 0.6 is 24.0 Å². The monoisotopic (exact) mass is 522 g/mol. The average Bonchev–Trinajstić information content (AvgIpc) is 2.93. The topological polar surface area (TPSA) is 92.6 Å². The lowest BCUT2D eigenvalue weighted by atomic mass is 10.0. The van der Waals surface area contributed by atoms with Crippen LogP contribution in [0.15, 0.2) is 11.1 Å². The number of aryl methyl sites for hydroxylation is 3. The Balaban J connectivity index is 0.00000784. The summed E-state index contributed by atoms with van der Waals surface area (Å²) in [5.74, 6) is 1.22. The third kappa shape index (κ3) is 11.9. The number of guanidine groups is 1. The molecule has 0 aliphatic rings. The number of ether oxygens (including phenoxy) is 1. The number of aromatic nitrogens is 2. The van der Waals surface area contributed by atoms with Gasteiger partial charge in [-0.25, -0.2) is 4.79 Å². The van der Waals surface area contributed by atoms with Gasteiger partial charge in [-0.05, 0) is 52.5 Å². The summed E-state index contributed by atoms with van der Waals surface area (Å²) in [7, 11) is 0. The van der Waals surface area contributed by atoms with E-state index in [9.17, 15) is 4.79 Å². The van der Waals surface area contributed by atoms with Gasteiger partial charge in [-0.3, -0.25) is 9.67 Å². The Bertz CT molecular complexity index is 618. The van der Waals surface area contributed by atoms with Gasteiger partial charge < -0.3 is 20.7 Å². The lowest BCUT2D eigenvalue weighted by Crippen LogP contribution is -2.42. The van der Waals surface area contributed by atoms with Gasteiger partial charge in [0.1, 0.15) is 0 Å². The number of amides is 1. The molecular weight excluding hydrogens is 483 g/mol. The first-order valence-electron chi connectivity index (χ1n) is 10.3. The molecule has 0 saturated heterocycles. The molecule has 0 aliphatic carbocycles. The molecule has 1 heterocycles. The molecule has 1 atom stereocenters. The molecule has 0 spiro atoms. The summed E-state index contributed by atoms with van der Waals surface area (Å²) in [5, 5.41) is 14.0. The van der Waals surface area contributed by atoms with Gasteiger partial charge in [0.2, 0.25) is 0 Å². The fraction of sp³-hybridized carbons (Fsp3) is 0.750. The molecule has 0 bridgehead atoms. The molecule has 0 fully saturated rings. The number of hydrogen-bond acceptors (Lipinski definition) is 4. The molecule has 29 heavy (non-hydrogen) atoms. The number of aliphatic imine (C=N–C) groups is 1. The molecular formula is C20H39IN6O2. The molecule has 168 valence electrons. The Kier molecular flexibility index (Phi) is 14.5. The molecule has 8 nitrogen and oxygen atoms in total. The van der Waals surface area contributed by atoms with Gasteiger partial charge in [-0.2, -0.15) is 5.10 Å². The molecule has 9 heteroatoms. The van der Waals surface area contributed by atoms with Crippen LogP contribution in [0.5, 0.6) is 0 Å². The highest BCUT2D eigenvalue weighted by atomic mass is 127. The second-order valence-electron chi connectivity index (χ2n) is 7.34. The predicted molar refractivity (Wildman–Crippen MR) is 129 cm³/mol. The second-order valence-corrected chi connectivity index (χ2v) is 7.34. The Morgan fingerprint density at radius 2 is 2.00 bits per heavy atom. The minimum Gasteiger partial charge on any atom is -0.450 e. The Morgan fingerprint density at radius 3 is 2.55 bits per heavy atom. The summed E-state index contributed by atoms with van der Waals surface area (Å²) in [5.41, 5.74) is 2.23. The molecule has 0 saturated carbocycles. The minimum atomic E-state index is -0.383. The number of hydrogen-bond donors (Lipinski definition) is 3. The molecule has 1 aromatic heterocycles. The first-order valence-corrected chi connectivity index (χ1v) is 10.3. The van der Waals surface area contributed by atoms with Gasteiger partial charge in [0.05, 0.1) is 24.9 Å². The molecule has 1 amide bonds. The lowest BCUT2D eigenvalue weighted by Gasteiger charge is -2.19. The number of alkyl carbamates (subject to hydrolysis) is 1. The summed E-state index contributed by atoms with van der Waals surface area (Å²) in [4.78, 5) is 16.4. The van der Waals surface area contributed by atoms with Crippen molar-refractivity contribution in [2.75, 3.05) is 26.2 Å². The van der Waals surface area contributed by atoms with Crippen LogP contribution in [0.1, 0.15) is 51.9 Å². The fourth-order valence-electron chi connectivity index (χ4n) is 2.97. The number of nitrogens with zero attached hydrogens (tertiary/aromatic N) is 3. The summed E-state index contributed by atoms with van der Waals surface area (Å²) in [6, 6.07) is 2.04. The largest absolute Gasteiger partial charge is 0.450 e. The highest BCUT2D eigenvalue weighted by Gasteiger charge is 2.14. The first kappa shape index (κ1) is 27.5. The number of halogens is 1. The van der Waals surface area contributed by atoms with Gasteiger partial charge in [0, 0.05) is 25.3 Å². The summed E-state index contributed by atoms with van der Waals surface area (Å²) < 4.78 is 7.03. The van der Waals surface area contributed by atoms with Crippen LogP contribution in [0.4, 0.5) is 4.79 Å². The van der Waals surface area contributed by atoms with Crippen molar-refractivity contribution in [1.29, 1.82) is 0 Å². The van der Waals surface area contributed by atoms with E-state index in [0.717, 1.165) is 44.1 Å². The zero-order valence-corrected chi connectivity index (χ0v) is 21.1. The van der Waals surface area contributed by atoms with Gasteiger partial charge >= 0.3 is 6.09 Å². The van der Waals surface area contributed by atoms with E-state index in [0.29, 0.717) is 19.1 Å². The second kappa shape index (κ2) is 15.3. The Hall–Kier alpha value is -1.52. The quantitative estimate of drug-likeness (QED) is 0.180. The van der Waals surface area contributed by atoms with Crippen LogP contribution in [0.25, 0.3) is 0 Å². The number of carbonyl (C=O) groups is 1. The summed E-state index contributed by atoms with van der Waals surface area (Å²) >= 11 is 0. The number of carbonyl (C=O) groups excluding carboxylic acids is 1. The lowest BCUT2D eigenvalue weighted by molar-refractivity contribution is 0.147. The smallest absolute Gasteiger partial charge is 0.407 e. The van der Waals surface area contributed by atoms with Crippen LogP contribution in [-0.2, 0) is 11.3 Å². The maximum Gasteiger partial charge on any atom is 0.407 e. The van der Waals surface area contributed by atoms with Crippen LogP contribution in [-0.4, -0.2) is 54.1 Å². The van der Waals surface area contributed by atoms with Crippen molar-refractivity contribution >= 4 is 36.0 Å². The van der Waals surface area contributed by atoms with E-state index in [1.54, 1.807) is 6.92 Å². The number of rotatable bonds is 11. The molecule has 1 rings (SSSR count). The van der Waals surface area contributed by atoms with Gasteiger partial charge in [-0.15, -0.1) is 24.0 Å². The molecule has 3 N–H and O–H groups in total. The van der Waals surface area contributed by atoms with E-state index in [1.807, 2.05) is 18.5 Å². The normalized spacial score (nSPS) is 12.3. The van der Waals surface area contributed by atoms with E-state index < -0.39 is 0 Å². The molecule has 0 radical (unpaired) electrons. The van der Waals surface area contributed by atoms with Gasteiger partial charge in [0.15, 0.2) is 5.96 Å². The summed E-state index contributed by atoms with van der Waals surface area (Å²) in [6.07, 6.45) is 1.41. The van der Waals surface area contributed by atoms with Crippen molar-refractivity contribution in [2.24, 2.45) is 10.9 Å². The van der Waals surface area contributed by atoms with E-state index in [-0.39, 0.29) is 36.1 Å². The van der Waals surface area contributed by atoms with Crippen LogP contribution < -0.4 is 16.0 Å². The van der Waals surface area contributed by atoms with Crippen LogP contribution in [0.2, 0.25) is 0 Å². The highest BCUT2D eigenvalue weighted by Crippen LogP contribution is 2.06. The Labute approximate surface area is 192 Å². The van der Waals surface area contributed by atoms with Crippen molar-refractivity contribution in [3.63, 3.8) is 0 Å². The van der Waals surface area contributed by atoms with Gasteiger partial charge in [0.25, 0.3) is 0 Å². The van der Waals surface area contributed by atoms with Crippen LogP contribution in [0, 0.1) is 19.8 Å². The third-order valence-corrected chi connectivity index (χ3v) is 4.11. The average molecular weight is 522 g/mol. The van der Waals surface area contributed by atoms with E-state index in [4.69, 9.17) is 4.74 Å². The van der Waals surface area contributed by atoms with Crippen molar-refractivity contribution in [1.82, 2.24) is 25.7 Å². The molecule has 1 aromatic rings. The van der Waals surface area contributed by atoms with E-state index in [1.165, 1.54) is 5.69 Å². The fourth-order valence-corrected chi connectivity index (χ4v) is 2.97. The maximum atomic E-state index is 11.8. The minimum absolute atomic E-state index is 0. The molecule has 0 aliphatic heterocycles. The van der Waals surface area contributed by atoms with Gasteiger partial charge in [-0.1, -0.05) is 13.8 Å². The van der Waals surface area contributed by atoms with Crippen molar-refractivity contribution in [3.05, 3.63) is 17.5 Å². The third-order valence-electron chi connectivity index (χ3n) is 4.11. The molecule has 1 unspecified atom stereocenters. The SMILES string of the molecule is CCNC(=NCC(CC(C)C)NC(=O)OCC)NCCCn1nc(C)cc1C.I. The van der Waals surface area contributed by atoms with Crippen molar-refractivity contribution in [3.8, 4) is 0 Å². The number of nitrogens with one attached hydrogen (secondary N) is 3. The zero-order chi connectivity index (χ0) is 20.9. The highest BCUT2D eigenvalue weighted by molar-refractivity contribution is 14.0. The molecule has 0 aromatic carbocycles. The van der Waals surface area contributed by atoms with Crippen molar-refractivity contribution < 1.29 is 9.53 Å². The summed E-state index contributed by atoms with van der Waals surface area (Å²) in [6.45, 7) is 15.5. The standard InChI is InChI=1S/C20H38N6O2.HI/c1-7-21-19(22-10-9-11-26-17(6)13-16(5)25-26)23-14-18(12-15(3)4)24-20(27)28-8-2;/h13,15,18H,7-12,14H2,1-6H3,(H,24,27)(H2,21,22,23);1H. The van der Waals surface area contributed by atoms with E-state index in [2.05, 4.69) is 52.9 Å². The van der Waals surface area contributed by atoms with Crippen molar-refractivity contribution in [2.45, 2.75) is 67.0 Å². The maximum absolute atomic E-state index is 11.8. The Morgan fingerprint density at radius 1 is 1.28 bits per heavy atom. The van der Waals surface area contributed by atoms with E-state index >= 15 is 0 Å². The predicted octanol–water partition coefficient (Wildman–Crippen LogP) is 3.22. The first-order chi connectivity index (χ1) is 13.3. The van der Waals surface area contributed by atoms with Crippen LogP contribution in [0.3, 0.4) is 0 Å².